The van der Waals surface area contributed by atoms with Gasteiger partial charge in [0.05, 0.1) is 0 Å². The minimum absolute atomic E-state index is 0.379. The van der Waals surface area contributed by atoms with E-state index in [4.69, 9.17) is 11.6 Å². The molecule has 0 fully saturated rings. The number of hydrazine groups is 1. The van der Waals surface area contributed by atoms with Crippen LogP contribution in [-0.2, 0) is 0 Å². The molecule has 3 N–H and O–H groups in total. The molecule has 116 valence electrons. The Kier molecular flexibility index (Phi) is 4.04. The fourth-order valence-electron chi connectivity index (χ4n) is 2.36. The van der Waals surface area contributed by atoms with Gasteiger partial charge in [0.2, 0.25) is 0 Å². The van der Waals surface area contributed by atoms with Crippen molar-refractivity contribution in [2.75, 3.05) is 0 Å². The first kappa shape index (κ1) is 15.1. The smallest absolute Gasteiger partial charge is 0.286 e. The number of carbonyl (C=O) groups is 2. The molecule has 23 heavy (non-hydrogen) atoms. The van der Waals surface area contributed by atoms with E-state index in [-0.39, 0.29) is 5.91 Å². The van der Waals surface area contributed by atoms with Crippen molar-refractivity contribution < 1.29 is 9.59 Å². The van der Waals surface area contributed by atoms with E-state index in [1.165, 1.54) is 0 Å². The second-order valence-electron chi connectivity index (χ2n) is 5.09. The maximum Gasteiger partial charge on any atom is 0.286 e. The van der Waals surface area contributed by atoms with Crippen LogP contribution in [0.25, 0.3) is 10.9 Å². The summed E-state index contributed by atoms with van der Waals surface area (Å²) in [5.41, 5.74) is 7.24. The van der Waals surface area contributed by atoms with Crippen LogP contribution in [0.3, 0.4) is 0 Å². The Balaban J connectivity index is 1.76. The number of hydrogen-bond donors (Lipinski definition) is 3. The summed E-state index contributed by atoms with van der Waals surface area (Å²) in [5, 5.41) is 1.47. The normalized spacial score (nSPS) is 10.5. The molecule has 3 aromatic rings. The zero-order chi connectivity index (χ0) is 16.4. The van der Waals surface area contributed by atoms with E-state index in [1.54, 1.807) is 36.4 Å². The van der Waals surface area contributed by atoms with Crippen LogP contribution in [0.4, 0.5) is 0 Å². The van der Waals surface area contributed by atoms with Gasteiger partial charge in [-0.3, -0.25) is 20.4 Å². The molecule has 2 aromatic carbocycles. The number of nitrogens with one attached hydrogen (secondary N) is 3. The van der Waals surface area contributed by atoms with E-state index >= 15 is 0 Å². The number of aromatic amines is 1. The molecule has 0 aliphatic heterocycles. The number of benzene rings is 2. The van der Waals surface area contributed by atoms with Crippen molar-refractivity contribution in [2.24, 2.45) is 0 Å². The second-order valence-corrected chi connectivity index (χ2v) is 5.53. The lowest BCUT2D eigenvalue weighted by molar-refractivity contribution is 0.0844. The second kappa shape index (κ2) is 6.14. The SMILES string of the molecule is Cc1c(C(=O)NNC(=O)c2ccccc2)[nH]c2ccc(Cl)cc12. The maximum atomic E-state index is 12.3. The van der Waals surface area contributed by atoms with Gasteiger partial charge in [-0.05, 0) is 42.8 Å². The Morgan fingerprint density at radius 3 is 2.43 bits per heavy atom. The predicted octanol–water partition coefficient (Wildman–Crippen LogP) is 3.20. The summed E-state index contributed by atoms with van der Waals surface area (Å²) in [4.78, 5) is 27.2. The van der Waals surface area contributed by atoms with Crippen molar-refractivity contribution in [2.45, 2.75) is 6.92 Å². The first-order valence-corrected chi connectivity index (χ1v) is 7.37. The fraction of sp³-hybridized carbons (Fsp3) is 0.0588. The zero-order valence-corrected chi connectivity index (χ0v) is 13.1. The van der Waals surface area contributed by atoms with Crippen LogP contribution in [0.5, 0.6) is 0 Å². The number of H-pyrrole nitrogens is 1. The van der Waals surface area contributed by atoms with Gasteiger partial charge in [0.25, 0.3) is 11.8 Å². The Bertz CT molecular complexity index is 887. The molecule has 0 radical (unpaired) electrons. The van der Waals surface area contributed by atoms with E-state index < -0.39 is 5.91 Å². The molecule has 5 nitrogen and oxygen atoms in total. The molecule has 3 rings (SSSR count). The van der Waals surface area contributed by atoms with Gasteiger partial charge >= 0.3 is 0 Å². The molecular formula is C17H14ClN3O2. The van der Waals surface area contributed by atoms with Crippen molar-refractivity contribution in [1.82, 2.24) is 15.8 Å². The van der Waals surface area contributed by atoms with Gasteiger partial charge in [0.1, 0.15) is 5.69 Å². The first-order chi connectivity index (χ1) is 11.1. The Morgan fingerprint density at radius 1 is 1.00 bits per heavy atom. The average Bonchev–Trinajstić information content (AvgIpc) is 2.90. The summed E-state index contributed by atoms with van der Waals surface area (Å²) in [7, 11) is 0. The predicted molar refractivity (Wildman–Crippen MR) is 89.4 cm³/mol. The fourth-order valence-corrected chi connectivity index (χ4v) is 2.54. The number of aromatic nitrogens is 1. The lowest BCUT2D eigenvalue weighted by Crippen LogP contribution is -2.42. The Labute approximate surface area is 137 Å². The summed E-state index contributed by atoms with van der Waals surface area (Å²) in [5.74, 6) is -0.796. The van der Waals surface area contributed by atoms with E-state index in [1.807, 2.05) is 19.1 Å². The minimum Gasteiger partial charge on any atom is -0.350 e. The number of amides is 2. The Morgan fingerprint density at radius 2 is 1.70 bits per heavy atom. The van der Waals surface area contributed by atoms with Gasteiger partial charge < -0.3 is 4.98 Å². The molecule has 0 saturated heterocycles. The van der Waals surface area contributed by atoms with Crippen molar-refractivity contribution in [3.8, 4) is 0 Å². The molecule has 0 spiro atoms. The van der Waals surface area contributed by atoms with Crippen LogP contribution in [0.15, 0.2) is 48.5 Å². The third kappa shape index (κ3) is 3.05. The lowest BCUT2D eigenvalue weighted by Gasteiger charge is -2.07. The molecule has 0 aliphatic rings. The minimum atomic E-state index is -0.417. The standard InChI is InChI=1S/C17H14ClN3O2/c1-10-13-9-12(18)7-8-14(13)19-15(10)17(23)21-20-16(22)11-5-3-2-4-6-11/h2-9,19H,1H3,(H,20,22)(H,21,23). The van der Waals surface area contributed by atoms with Gasteiger partial charge in [-0.1, -0.05) is 29.8 Å². The average molecular weight is 328 g/mol. The lowest BCUT2D eigenvalue weighted by atomic mass is 10.1. The molecule has 0 bridgehead atoms. The number of fused-ring (bicyclic) bond motifs is 1. The first-order valence-electron chi connectivity index (χ1n) is 7.00. The number of carbonyl (C=O) groups excluding carboxylic acids is 2. The zero-order valence-electron chi connectivity index (χ0n) is 12.3. The molecule has 0 unspecified atom stereocenters. The van der Waals surface area contributed by atoms with Crippen LogP contribution in [0, 0.1) is 6.92 Å². The molecule has 6 heteroatoms. The van der Waals surface area contributed by atoms with Crippen molar-refractivity contribution in [3.63, 3.8) is 0 Å². The summed E-state index contributed by atoms with van der Waals surface area (Å²) in [6.45, 7) is 1.82. The van der Waals surface area contributed by atoms with E-state index in [0.717, 1.165) is 16.5 Å². The molecule has 2 amide bonds. The number of aryl methyl sites for hydroxylation is 1. The van der Waals surface area contributed by atoms with Crippen molar-refractivity contribution in [1.29, 1.82) is 0 Å². The molecule has 0 aliphatic carbocycles. The number of hydrogen-bond acceptors (Lipinski definition) is 2. The maximum absolute atomic E-state index is 12.3. The molecule has 0 atom stereocenters. The summed E-state index contributed by atoms with van der Waals surface area (Å²) in [6.07, 6.45) is 0. The quantitative estimate of drug-likeness (QED) is 0.632. The third-order valence-corrected chi connectivity index (χ3v) is 3.81. The van der Waals surface area contributed by atoms with Gasteiger partial charge in [0, 0.05) is 21.5 Å². The van der Waals surface area contributed by atoms with Gasteiger partial charge in [-0.25, -0.2) is 0 Å². The van der Waals surface area contributed by atoms with Crippen LogP contribution in [0.2, 0.25) is 5.02 Å². The van der Waals surface area contributed by atoms with Crippen LogP contribution in [-0.4, -0.2) is 16.8 Å². The van der Waals surface area contributed by atoms with Crippen molar-refractivity contribution in [3.05, 3.63) is 70.4 Å². The van der Waals surface area contributed by atoms with Gasteiger partial charge in [0.15, 0.2) is 0 Å². The molecule has 1 aromatic heterocycles. The highest BCUT2D eigenvalue weighted by atomic mass is 35.5. The third-order valence-electron chi connectivity index (χ3n) is 3.57. The van der Waals surface area contributed by atoms with E-state index in [0.29, 0.717) is 16.3 Å². The highest BCUT2D eigenvalue weighted by Gasteiger charge is 2.15. The molecular weight excluding hydrogens is 314 g/mol. The van der Waals surface area contributed by atoms with Gasteiger partial charge in [-0.2, -0.15) is 0 Å². The van der Waals surface area contributed by atoms with Crippen LogP contribution in [0.1, 0.15) is 26.4 Å². The summed E-state index contributed by atoms with van der Waals surface area (Å²) < 4.78 is 0. The van der Waals surface area contributed by atoms with Crippen molar-refractivity contribution >= 4 is 34.3 Å². The molecule has 0 saturated carbocycles. The number of rotatable bonds is 2. The highest BCUT2D eigenvalue weighted by Crippen LogP contribution is 2.24. The Hall–Kier alpha value is -2.79. The van der Waals surface area contributed by atoms with E-state index in [9.17, 15) is 9.59 Å². The summed E-state index contributed by atoms with van der Waals surface area (Å²) in [6, 6.07) is 14.0. The molecule has 1 heterocycles. The number of halogens is 1. The van der Waals surface area contributed by atoms with Gasteiger partial charge in [-0.15, -0.1) is 0 Å². The van der Waals surface area contributed by atoms with Crippen LogP contribution < -0.4 is 10.9 Å². The topological polar surface area (TPSA) is 74.0 Å². The van der Waals surface area contributed by atoms with E-state index in [2.05, 4.69) is 15.8 Å². The highest BCUT2D eigenvalue weighted by molar-refractivity contribution is 6.31. The van der Waals surface area contributed by atoms with Crippen LogP contribution >= 0.6 is 11.6 Å². The largest absolute Gasteiger partial charge is 0.350 e. The summed E-state index contributed by atoms with van der Waals surface area (Å²) >= 11 is 5.98. The monoisotopic (exact) mass is 327 g/mol.